The molecule has 138 valence electrons. The molecule has 0 unspecified atom stereocenters. The maximum absolute atomic E-state index is 14.0. The second-order valence-electron chi connectivity index (χ2n) is 6.48. The summed E-state index contributed by atoms with van der Waals surface area (Å²) >= 11 is 1.51. The molecule has 1 amide bonds. The van der Waals surface area contributed by atoms with Crippen molar-refractivity contribution in [3.05, 3.63) is 82.1 Å². The molecule has 0 saturated heterocycles. The van der Waals surface area contributed by atoms with E-state index in [4.69, 9.17) is 4.74 Å². The van der Waals surface area contributed by atoms with Gasteiger partial charge in [0.1, 0.15) is 23.2 Å². The Bertz CT molecular complexity index is 925. The van der Waals surface area contributed by atoms with Crippen molar-refractivity contribution in [3.8, 4) is 5.75 Å². The average Bonchev–Trinajstić information content (AvgIpc) is 3.44. The number of rotatable bonds is 7. The lowest BCUT2D eigenvalue weighted by Crippen LogP contribution is -2.33. The molecule has 1 heterocycles. The molecule has 2 aromatic carbocycles. The summed E-state index contributed by atoms with van der Waals surface area (Å²) in [5.74, 6) is 0.0395. The molecule has 1 aromatic heterocycles. The number of halogens is 1. The Morgan fingerprint density at radius 2 is 1.89 bits per heavy atom. The van der Waals surface area contributed by atoms with E-state index in [1.54, 1.807) is 17.0 Å². The maximum Gasteiger partial charge on any atom is 0.257 e. The fraction of sp³-hybridized carbons (Fsp3) is 0.238. The molecule has 6 heteroatoms. The minimum atomic E-state index is -0.483. The van der Waals surface area contributed by atoms with Gasteiger partial charge in [-0.1, -0.05) is 30.3 Å². The summed E-state index contributed by atoms with van der Waals surface area (Å²) in [7, 11) is 0. The minimum absolute atomic E-state index is 0.118. The minimum Gasteiger partial charge on any atom is -0.486 e. The number of benzene rings is 2. The van der Waals surface area contributed by atoms with Crippen molar-refractivity contribution in [1.29, 1.82) is 0 Å². The zero-order valence-electron chi connectivity index (χ0n) is 14.7. The third-order valence-corrected chi connectivity index (χ3v) is 5.26. The van der Waals surface area contributed by atoms with Crippen LogP contribution in [-0.4, -0.2) is 21.8 Å². The smallest absolute Gasteiger partial charge is 0.257 e. The Hall–Kier alpha value is -2.73. The van der Waals surface area contributed by atoms with Gasteiger partial charge >= 0.3 is 0 Å². The summed E-state index contributed by atoms with van der Waals surface area (Å²) < 4.78 is 19.7. The Labute approximate surface area is 161 Å². The number of aromatic nitrogens is 1. The predicted molar refractivity (Wildman–Crippen MR) is 102 cm³/mol. The molecule has 0 bridgehead atoms. The van der Waals surface area contributed by atoms with Crippen LogP contribution in [0.2, 0.25) is 0 Å². The highest BCUT2D eigenvalue weighted by Crippen LogP contribution is 2.30. The molecule has 1 aliphatic carbocycles. The largest absolute Gasteiger partial charge is 0.486 e. The highest BCUT2D eigenvalue weighted by molar-refractivity contribution is 7.09. The molecule has 1 aliphatic rings. The predicted octanol–water partition coefficient (Wildman–Crippen LogP) is 4.67. The Morgan fingerprint density at radius 1 is 1.15 bits per heavy atom. The van der Waals surface area contributed by atoms with Crippen LogP contribution in [0.4, 0.5) is 4.39 Å². The van der Waals surface area contributed by atoms with Gasteiger partial charge in [-0.25, -0.2) is 9.37 Å². The molecule has 0 atom stereocenters. The number of carbonyl (C=O) groups excluding carboxylic acids is 1. The number of hydrogen-bond acceptors (Lipinski definition) is 4. The Balaban J connectivity index is 1.43. The third-order valence-electron chi connectivity index (χ3n) is 4.39. The first-order valence-corrected chi connectivity index (χ1v) is 9.75. The van der Waals surface area contributed by atoms with Crippen LogP contribution in [-0.2, 0) is 13.2 Å². The first kappa shape index (κ1) is 17.7. The van der Waals surface area contributed by atoms with Crippen LogP contribution in [0.3, 0.4) is 0 Å². The van der Waals surface area contributed by atoms with Crippen molar-refractivity contribution >= 4 is 17.2 Å². The number of thiazole rings is 1. The number of ether oxygens (including phenoxy) is 1. The summed E-state index contributed by atoms with van der Waals surface area (Å²) in [5.41, 5.74) is 0.926. The van der Waals surface area contributed by atoms with Gasteiger partial charge in [0.2, 0.25) is 0 Å². The topological polar surface area (TPSA) is 42.4 Å². The van der Waals surface area contributed by atoms with Gasteiger partial charge in [0.25, 0.3) is 5.91 Å². The van der Waals surface area contributed by atoms with Gasteiger partial charge in [0, 0.05) is 11.4 Å². The van der Waals surface area contributed by atoms with Gasteiger partial charge in [-0.15, -0.1) is 11.3 Å². The monoisotopic (exact) mass is 382 g/mol. The molecule has 1 saturated carbocycles. The summed E-state index contributed by atoms with van der Waals surface area (Å²) in [6.07, 6.45) is 1.91. The molecule has 4 nitrogen and oxygen atoms in total. The van der Waals surface area contributed by atoms with Crippen LogP contribution in [0.1, 0.15) is 33.9 Å². The number of nitrogens with zero attached hydrogens (tertiary/aromatic N) is 2. The van der Waals surface area contributed by atoms with Gasteiger partial charge in [-0.05, 0) is 37.1 Å². The van der Waals surface area contributed by atoms with E-state index in [1.165, 1.54) is 23.5 Å². The second-order valence-corrected chi connectivity index (χ2v) is 7.42. The fourth-order valence-electron chi connectivity index (χ4n) is 2.87. The molecule has 0 spiro atoms. The first-order valence-electron chi connectivity index (χ1n) is 8.87. The van der Waals surface area contributed by atoms with E-state index in [0.29, 0.717) is 13.2 Å². The van der Waals surface area contributed by atoms with E-state index in [2.05, 4.69) is 4.98 Å². The fourth-order valence-corrected chi connectivity index (χ4v) is 3.56. The van der Waals surface area contributed by atoms with Gasteiger partial charge in [-0.3, -0.25) is 4.79 Å². The molecule has 0 N–H and O–H groups in total. The summed E-state index contributed by atoms with van der Waals surface area (Å²) in [6.45, 7) is 0.777. The van der Waals surface area contributed by atoms with Crippen LogP contribution < -0.4 is 4.74 Å². The van der Waals surface area contributed by atoms with Crippen LogP contribution in [0.15, 0.2) is 60.0 Å². The number of para-hydroxylation sites is 1. The maximum atomic E-state index is 14.0. The summed E-state index contributed by atoms with van der Waals surface area (Å²) in [4.78, 5) is 19.1. The molecule has 0 aliphatic heterocycles. The van der Waals surface area contributed by atoms with Crippen LogP contribution in [0.25, 0.3) is 0 Å². The van der Waals surface area contributed by atoms with E-state index in [0.717, 1.165) is 29.3 Å². The highest BCUT2D eigenvalue weighted by Gasteiger charge is 2.34. The van der Waals surface area contributed by atoms with Crippen LogP contribution in [0.5, 0.6) is 5.75 Å². The second kappa shape index (κ2) is 7.88. The van der Waals surface area contributed by atoms with E-state index in [9.17, 15) is 9.18 Å². The molecule has 1 fully saturated rings. The number of hydrogen-bond donors (Lipinski definition) is 0. The van der Waals surface area contributed by atoms with Gasteiger partial charge in [0.05, 0.1) is 17.8 Å². The van der Waals surface area contributed by atoms with Gasteiger partial charge < -0.3 is 9.64 Å². The molecule has 27 heavy (non-hydrogen) atoms. The lowest BCUT2D eigenvalue weighted by Gasteiger charge is -2.21. The molecule has 0 radical (unpaired) electrons. The van der Waals surface area contributed by atoms with E-state index < -0.39 is 5.82 Å². The Morgan fingerprint density at radius 3 is 2.63 bits per heavy atom. The standard InChI is InChI=1S/C21H19FN2O2S/c22-19-9-5-4-8-18(19)21(25)24(16-10-11-16)12-15-14-27-20(23-15)13-26-17-6-2-1-3-7-17/h1-9,14,16H,10-13H2. The number of amides is 1. The van der Waals surface area contributed by atoms with Crippen molar-refractivity contribution in [2.24, 2.45) is 0 Å². The molecule has 4 rings (SSSR count). The normalized spacial score (nSPS) is 13.4. The van der Waals surface area contributed by atoms with Crippen molar-refractivity contribution in [2.75, 3.05) is 0 Å². The lowest BCUT2D eigenvalue weighted by atomic mass is 10.2. The average molecular weight is 382 g/mol. The van der Waals surface area contributed by atoms with Gasteiger partial charge in [0.15, 0.2) is 0 Å². The zero-order chi connectivity index (χ0) is 18.6. The quantitative estimate of drug-likeness (QED) is 0.597. The van der Waals surface area contributed by atoms with Crippen molar-refractivity contribution in [1.82, 2.24) is 9.88 Å². The number of carbonyl (C=O) groups is 1. The highest BCUT2D eigenvalue weighted by atomic mass is 32.1. The third kappa shape index (κ3) is 4.34. The summed E-state index contributed by atoms with van der Waals surface area (Å²) in [5, 5.41) is 2.79. The van der Waals surface area contributed by atoms with Crippen LogP contribution >= 0.6 is 11.3 Å². The molecular weight excluding hydrogens is 363 g/mol. The van der Waals surface area contributed by atoms with Crippen molar-refractivity contribution in [3.63, 3.8) is 0 Å². The Kier molecular flexibility index (Phi) is 5.16. The van der Waals surface area contributed by atoms with Crippen molar-refractivity contribution in [2.45, 2.75) is 32.0 Å². The molecule has 3 aromatic rings. The van der Waals surface area contributed by atoms with E-state index >= 15 is 0 Å². The lowest BCUT2D eigenvalue weighted by molar-refractivity contribution is 0.0723. The van der Waals surface area contributed by atoms with E-state index in [1.807, 2.05) is 35.7 Å². The molecular formula is C21H19FN2O2S. The SMILES string of the molecule is O=C(c1ccccc1F)N(Cc1csc(COc2ccccc2)n1)C1CC1. The first-order chi connectivity index (χ1) is 13.2. The van der Waals surface area contributed by atoms with E-state index in [-0.39, 0.29) is 17.5 Å². The van der Waals surface area contributed by atoms with Crippen molar-refractivity contribution < 1.29 is 13.9 Å². The summed E-state index contributed by atoms with van der Waals surface area (Å²) in [6, 6.07) is 15.9. The van der Waals surface area contributed by atoms with Crippen LogP contribution in [0, 0.1) is 5.82 Å². The van der Waals surface area contributed by atoms with Gasteiger partial charge in [-0.2, -0.15) is 0 Å². The zero-order valence-corrected chi connectivity index (χ0v) is 15.5.